The molecule has 0 amide bonds. The van der Waals surface area contributed by atoms with Gasteiger partial charge in [-0.2, -0.15) is 0 Å². The highest BCUT2D eigenvalue weighted by Crippen LogP contribution is 2.43. The van der Waals surface area contributed by atoms with Crippen LogP contribution >= 0.6 is 12.2 Å². The molecule has 0 saturated heterocycles. The number of aromatic hydroxyl groups is 1. The molecule has 0 aliphatic carbocycles. The number of rotatable bonds is 3. The first-order valence-corrected chi connectivity index (χ1v) is 9.19. The van der Waals surface area contributed by atoms with E-state index >= 15 is 0 Å². The fraction of sp³-hybridized carbons (Fsp3) is 0.381. The molecule has 25 heavy (non-hydrogen) atoms. The first kappa shape index (κ1) is 17.7. The zero-order chi connectivity index (χ0) is 18.1. The van der Waals surface area contributed by atoms with Crippen LogP contribution in [0.2, 0.25) is 0 Å². The van der Waals surface area contributed by atoms with Crippen molar-refractivity contribution in [3.8, 4) is 11.5 Å². The van der Waals surface area contributed by atoms with E-state index in [0.29, 0.717) is 10.7 Å². The van der Waals surface area contributed by atoms with Crippen molar-refractivity contribution in [3.05, 3.63) is 52.6 Å². The number of hydrogen-bond donors (Lipinski definition) is 2. The lowest BCUT2D eigenvalue weighted by Gasteiger charge is -2.36. The quantitative estimate of drug-likeness (QED) is 0.753. The second-order valence-electron chi connectivity index (χ2n) is 6.80. The van der Waals surface area contributed by atoms with E-state index in [4.69, 9.17) is 17.0 Å². The number of nitrogens with one attached hydrogen (secondary N) is 1. The van der Waals surface area contributed by atoms with Crippen molar-refractivity contribution in [2.24, 2.45) is 5.92 Å². The van der Waals surface area contributed by atoms with Gasteiger partial charge in [0.2, 0.25) is 0 Å². The molecule has 2 aromatic carbocycles. The topological polar surface area (TPSA) is 41.5 Å². The van der Waals surface area contributed by atoms with Crippen LogP contribution in [0.25, 0.3) is 0 Å². The normalized spacial score (nSPS) is 19.0. The van der Waals surface area contributed by atoms with E-state index in [1.165, 1.54) is 0 Å². The summed E-state index contributed by atoms with van der Waals surface area (Å²) in [7, 11) is 0. The largest absolute Gasteiger partial charge is 0.507 e. The number of para-hydroxylation sites is 1. The zero-order valence-corrected chi connectivity index (χ0v) is 16.0. The molecule has 132 valence electrons. The minimum absolute atomic E-state index is 0.158. The van der Waals surface area contributed by atoms with E-state index in [2.05, 4.69) is 12.2 Å². The predicted molar refractivity (Wildman–Crippen MR) is 107 cm³/mol. The summed E-state index contributed by atoms with van der Waals surface area (Å²) >= 11 is 5.68. The second-order valence-corrected chi connectivity index (χ2v) is 7.24. The molecule has 1 heterocycles. The summed E-state index contributed by atoms with van der Waals surface area (Å²) in [5.74, 6) is 1.56. The molecular weight excluding hydrogens is 330 g/mol. The van der Waals surface area contributed by atoms with Crippen molar-refractivity contribution in [1.29, 1.82) is 0 Å². The Hall–Kier alpha value is -2.07. The van der Waals surface area contributed by atoms with E-state index in [0.717, 1.165) is 46.5 Å². The summed E-state index contributed by atoms with van der Waals surface area (Å²) < 4.78 is 6.40. The average Bonchev–Trinajstić information content (AvgIpc) is 2.64. The smallest absolute Gasteiger partial charge is 0.152 e. The van der Waals surface area contributed by atoms with Gasteiger partial charge in [-0.15, -0.1) is 0 Å². The minimum atomic E-state index is -0.158. The Bertz CT molecular complexity index is 802. The van der Waals surface area contributed by atoms with Gasteiger partial charge in [0.15, 0.2) is 6.10 Å². The van der Waals surface area contributed by atoms with E-state index in [-0.39, 0.29) is 12.0 Å². The van der Waals surface area contributed by atoms with Crippen molar-refractivity contribution >= 4 is 22.9 Å². The molecule has 2 atom stereocenters. The number of phenols is 1. The van der Waals surface area contributed by atoms with E-state index in [1.54, 1.807) is 0 Å². The van der Waals surface area contributed by atoms with Crippen molar-refractivity contribution in [2.45, 2.75) is 46.6 Å². The Balaban J connectivity index is 1.94. The van der Waals surface area contributed by atoms with Gasteiger partial charge >= 0.3 is 0 Å². The molecule has 1 aliphatic rings. The van der Waals surface area contributed by atoms with Gasteiger partial charge in [-0.1, -0.05) is 37.3 Å². The molecule has 4 heteroatoms. The predicted octanol–water partition coefficient (Wildman–Crippen LogP) is 5.09. The van der Waals surface area contributed by atoms with Crippen LogP contribution in [0.5, 0.6) is 11.5 Å². The SMILES string of the molecule is CCC1Cc2c(C)c(O)c(C)c(C)c2OC1C(=S)Nc1ccccc1. The Morgan fingerprint density at radius 2 is 1.84 bits per heavy atom. The standard InChI is InChI=1S/C21H25NO2S/c1-5-15-11-17-14(4)18(23)12(2)13(3)19(17)24-20(15)21(25)22-16-9-7-6-8-10-16/h6-10,15,20,23H,5,11H2,1-4H3,(H,22,25). The summed E-state index contributed by atoms with van der Waals surface area (Å²) in [6.07, 6.45) is 1.68. The van der Waals surface area contributed by atoms with Crippen molar-refractivity contribution in [2.75, 3.05) is 5.32 Å². The number of anilines is 1. The van der Waals surface area contributed by atoms with Gasteiger partial charge in [-0.25, -0.2) is 0 Å². The molecule has 3 rings (SSSR count). The van der Waals surface area contributed by atoms with Crippen LogP contribution in [0.3, 0.4) is 0 Å². The molecule has 3 nitrogen and oxygen atoms in total. The van der Waals surface area contributed by atoms with Crippen LogP contribution in [0.1, 0.15) is 35.6 Å². The second kappa shape index (κ2) is 7.04. The number of phenolic OH excluding ortho intramolecular Hbond substituents is 1. The first-order chi connectivity index (χ1) is 11.9. The molecule has 0 spiro atoms. The van der Waals surface area contributed by atoms with Crippen LogP contribution in [0.15, 0.2) is 30.3 Å². The molecule has 2 unspecified atom stereocenters. The number of fused-ring (bicyclic) bond motifs is 1. The van der Waals surface area contributed by atoms with Gasteiger partial charge < -0.3 is 15.2 Å². The number of ether oxygens (including phenoxy) is 1. The highest BCUT2D eigenvalue weighted by Gasteiger charge is 2.35. The Morgan fingerprint density at radius 3 is 2.48 bits per heavy atom. The monoisotopic (exact) mass is 355 g/mol. The summed E-state index contributed by atoms with van der Waals surface area (Å²) in [6.45, 7) is 8.07. The summed E-state index contributed by atoms with van der Waals surface area (Å²) in [4.78, 5) is 0.714. The molecule has 2 N–H and O–H groups in total. The lowest BCUT2D eigenvalue weighted by Crippen LogP contribution is -2.42. The van der Waals surface area contributed by atoms with Gasteiger partial charge in [0.1, 0.15) is 16.5 Å². The average molecular weight is 356 g/mol. The van der Waals surface area contributed by atoms with Gasteiger partial charge in [0.05, 0.1) is 0 Å². The maximum absolute atomic E-state index is 10.4. The molecule has 2 aromatic rings. The maximum Gasteiger partial charge on any atom is 0.152 e. The third-order valence-corrected chi connectivity index (χ3v) is 5.64. The lowest BCUT2D eigenvalue weighted by molar-refractivity contribution is 0.167. The van der Waals surface area contributed by atoms with Crippen LogP contribution in [-0.4, -0.2) is 16.2 Å². The van der Waals surface area contributed by atoms with Crippen molar-refractivity contribution in [1.82, 2.24) is 0 Å². The summed E-state index contributed by atoms with van der Waals surface area (Å²) in [5, 5.41) is 13.7. The van der Waals surface area contributed by atoms with Gasteiger partial charge in [0, 0.05) is 17.2 Å². The molecule has 1 aliphatic heterocycles. The third-order valence-electron chi connectivity index (χ3n) is 5.30. The highest BCUT2D eigenvalue weighted by molar-refractivity contribution is 7.80. The molecular formula is C21H25NO2S. The highest BCUT2D eigenvalue weighted by atomic mass is 32.1. The fourth-order valence-electron chi connectivity index (χ4n) is 3.53. The lowest BCUT2D eigenvalue weighted by atomic mass is 9.84. The van der Waals surface area contributed by atoms with Crippen LogP contribution in [0, 0.1) is 26.7 Å². The van der Waals surface area contributed by atoms with Crippen LogP contribution < -0.4 is 10.1 Å². The fourth-order valence-corrected chi connectivity index (χ4v) is 3.89. The number of thiocarbonyl (C=S) groups is 1. The summed E-state index contributed by atoms with van der Waals surface area (Å²) in [5.41, 5.74) is 4.90. The molecule has 0 radical (unpaired) electrons. The third kappa shape index (κ3) is 3.23. The Morgan fingerprint density at radius 1 is 1.16 bits per heavy atom. The first-order valence-electron chi connectivity index (χ1n) is 8.78. The Kier molecular flexibility index (Phi) is 5.00. The number of benzene rings is 2. The van der Waals surface area contributed by atoms with Crippen LogP contribution in [-0.2, 0) is 6.42 Å². The zero-order valence-electron chi connectivity index (χ0n) is 15.2. The minimum Gasteiger partial charge on any atom is -0.507 e. The van der Waals surface area contributed by atoms with E-state index in [9.17, 15) is 5.11 Å². The van der Waals surface area contributed by atoms with Gasteiger partial charge in [-0.05, 0) is 62.4 Å². The summed E-state index contributed by atoms with van der Waals surface area (Å²) in [6, 6.07) is 9.96. The molecule has 0 aromatic heterocycles. The molecule has 0 bridgehead atoms. The van der Waals surface area contributed by atoms with Crippen LogP contribution in [0.4, 0.5) is 5.69 Å². The van der Waals surface area contributed by atoms with Gasteiger partial charge in [-0.3, -0.25) is 0 Å². The Labute approximate surface area is 155 Å². The van der Waals surface area contributed by atoms with Gasteiger partial charge in [0.25, 0.3) is 0 Å². The molecule has 0 saturated carbocycles. The van der Waals surface area contributed by atoms with E-state index in [1.807, 2.05) is 51.1 Å². The maximum atomic E-state index is 10.4. The van der Waals surface area contributed by atoms with Crippen molar-refractivity contribution < 1.29 is 9.84 Å². The van der Waals surface area contributed by atoms with E-state index < -0.39 is 0 Å². The molecule has 0 fully saturated rings. The van der Waals surface area contributed by atoms with Crippen molar-refractivity contribution in [3.63, 3.8) is 0 Å². The number of hydrogen-bond acceptors (Lipinski definition) is 3.